The first-order chi connectivity index (χ1) is 9.09. The van der Waals surface area contributed by atoms with Crippen LogP contribution in [0.2, 0.25) is 0 Å². The lowest BCUT2D eigenvalue weighted by Crippen LogP contribution is -2.29. The predicted octanol–water partition coefficient (Wildman–Crippen LogP) is 2.39. The largest absolute Gasteiger partial charge is 0.481 e. The van der Waals surface area contributed by atoms with Crippen molar-refractivity contribution in [2.24, 2.45) is 0 Å². The molecule has 0 heterocycles. The number of carboxylic acid groups (broad SMARTS) is 1. The van der Waals surface area contributed by atoms with Crippen molar-refractivity contribution in [3.8, 4) is 0 Å². The summed E-state index contributed by atoms with van der Waals surface area (Å²) in [5, 5.41) is 8.58. The molecular formula is C15H19NO3. The van der Waals surface area contributed by atoms with E-state index in [0.29, 0.717) is 12.8 Å². The second-order valence-electron chi connectivity index (χ2n) is 5.01. The quantitative estimate of drug-likeness (QED) is 0.885. The number of hydrogen-bond donors (Lipinski definition) is 1. The van der Waals surface area contributed by atoms with Crippen molar-refractivity contribution in [2.45, 2.75) is 38.1 Å². The SMILES string of the molecule is CN(C(=O)CCCC(=O)O)C1CCc2ccccc21. The molecule has 0 bridgehead atoms. The fraction of sp³-hybridized carbons (Fsp3) is 0.467. The average Bonchev–Trinajstić information content (AvgIpc) is 2.81. The van der Waals surface area contributed by atoms with E-state index in [2.05, 4.69) is 12.1 Å². The van der Waals surface area contributed by atoms with Gasteiger partial charge in [-0.2, -0.15) is 0 Å². The lowest BCUT2D eigenvalue weighted by Gasteiger charge is -2.25. The van der Waals surface area contributed by atoms with Gasteiger partial charge in [0.05, 0.1) is 6.04 Å². The van der Waals surface area contributed by atoms with Gasteiger partial charge in [-0.25, -0.2) is 0 Å². The van der Waals surface area contributed by atoms with E-state index in [1.54, 1.807) is 4.90 Å². The van der Waals surface area contributed by atoms with Crippen LogP contribution >= 0.6 is 0 Å². The molecule has 1 aromatic carbocycles. The number of carbonyl (C=O) groups excluding carboxylic acids is 1. The van der Waals surface area contributed by atoms with Crippen molar-refractivity contribution in [1.82, 2.24) is 4.90 Å². The van der Waals surface area contributed by atoms with Gasteiger partial charge in [0.2, 0.25) is 5.91 Å². The molecule has 4 heteroatoms. The molecule has 0 spiro atoms. The molecule has 102 valence electrons. The highest BCUT2D eigenvalue weighted by Crippen LogP contribution is 2.35. The van der Waals surface area contributed by atoms with Gasteiger partial charge in [-0.1, -0.05) is 24.3 Å². The van der Waals surface area contributed by atoms with Gasteiger partial charge in [-0.3, -0.25) is 9.59 Å². The number of rotatable bonds is 5. The summed E-state index contributed by atoms with van der Waals surface area (Å²) in [5.74, 6) is -0.815. The molecule has 1 amide bonds. The van der Waals surface area contributed by atoms with Gasteiger partial charge in [0.15, 0.2) is 0 Å². The lowest BCUT2D eigenvalue weighted by atomic mass is 10.1. The Balaban J connectivity index is 1.95. The number of fused-ring (bicyclic) bond motifs is 1. The van der Waals surface area contributed by atoms with Gasteiger partial charge in [-0.15, -0.1) is 0 Å². The molecule has 1 N–H and O–H groups in total. The highest BCUT2D eigenvalue weighted by atomic mass is 16.4. The molecule has 1 aromatic rings. The Hall–Kier alpha value is -1.84. The molecule has 1 unspecified atom stereocenters. The van der Waals surface area contributed by atoms with Crippen LogP contribution in [-0.4, -0.2) is 28.9 Å². The molecule has 0 aromatic heterocycles. The van der Waals surface area contributed by atoms with E-state index in [1.165, 1.54) is 11.1 Å². The predicted molar refractivity (Wildman–Crippen MR) is 71.8 cm³/mol. The molecule has 0 radical (unpaired) electrons. The fourth-order valence-electron chi connectivity index (χ4n) is 2.68. The summed E-state index contributed by atoms with van der Waals surface area (Å²) < 4.78 is 0. The standard InChI is InChI=1S/C15H19NO3/c1-16(14(17)7-4-8-15(18)19)13-10-9-11-5-2-3-6-12(11)13/h2-3,5-6,13H,4,7-10H2,1H3,(H,18,19). The Kier molecular flexibility index (Phi) is 4.20. The normalized spacial score (nSPS) is 17.0. The maximum Gasteiger partial charge on any atom is 0.303 e. The molecule has 0 fully saturated rings. The molecule has 1 aliphatic carbocycles. The third-order valence-electron chi connectivity index (χ3n) is 3.74. The monoisotopic (exact) mass is 261 g/mol. The van der Waals surface area contributed by atoms with E-state index in [4.69, 9.17) is 5.11 Å². The number of benzene rings is 1. The van der Waals surface area contributed by atoms with E-state index in [-0.39, 0.29) is 18.4 Å². The van der Waals surface area contributed by atoms with E-state index in [1.807, 2.05) is 19.2 Å². The van der Waals surface area contributed by atoms with Gasteiger partial charge in [0, 0.05) is 19.9 Å². The van der Waals surface area contributed by atoms with Gasteiger partial charge >= 0.3 is 5.97 Å². The second-order valence-corrected chi connectivity index (χ2v) is 5.01. The smallest absolute Gasteiger partial charge is 0.303 e. The third-order valence-corrected chi connectivity index (χ3v) is 3.74. The summed E-state index contributed by atoms with van der Waals surface area (Å²) >= 11 is 0. The summed E-state index contributed by atoms with van der Waals surface area (Å²) in [5.41, 5.74) is 2.55. The van der Waals surface area contributed by atoms with Crippen molar-refractivity contribution in [1.29, 1.82) is 0 Å². The number of carbonyl (C=O) groups is 2. The van der Waals surface area contributed by atoms with Crippen molar-refractivity contribution in [3.63, 3.8) is 0 Å². The first-order valence-electron chi connectivity index (χ1n) is 6.65. The minimum absolute atomic E-state index is 0.0305. The molecule has 0 saturated heterocycles. The van der Waals surface area contributed by atoms with Crippen LogP contribution < -0.4 is 0 Å². The number of carboxylic acids is 1. The summed E-state index contributed by atoms with van der Waals surface area (Å²) in [6.45, 7) is 0. The van der Waals surface area contributed by atoms with Crippen LogP contribution in [0, 0.1) is 0 Å². The first-order valence-corrected chi connectivity index (χ1v) is 6.65. The van der Waals surface area contributed by atoms with E-state index in [0.717, 1.165) is 12.8 Å². The van der Waals surface area contributed by atoms with Gasteiger partial charge in [0.1, 0.15) is 0 Å². The van der Waals surface area contributed by atoms with Crippen LogP contribution in [0.5, 0.6) is 0 Å². The lowest BCUT2D eigenvalue weighted by molar-refractivity contribution is -0.137. The van der Waals surface area contributed by atoms with Gasteiger partial charge in [0.25, 0.3) is 0 Å². The first kappa shape index (κ1) is 13.6. The molecule has 0 aliphatic heterocycles. The molecular weight excluding hydrogens is 242 g/mol. The van der Waals surface area contributed by atoms with Crippen LogP contribution in [0.1, 0.15) is 42.9 Å². The van der Waals surface area contributed by atoms with Crippen LogP contribution in [0.3, 0.4) is 0 Å². The zero-order chi connectivity index (χ0) is 13.8. The van der Waals surface area contributed by atoms with E-state index >= 15 is 0 Å². The van der Waals surface area contributed by atoms with Crippen molar-refractivity contribution >= 4 is 11.9 Å². The van der Waals surface area contributed by atoms with E-state index < -0.39 is 5.97 Å². The van der Waals surface area contributed by atoms with Crippen molar-refractivity contribution in [2.75, 3.05) is 7.05 Å². The molecule has 2 rings (SSSR count). The topological polar surface area (TPSA) is 57.6 Å². The highest BCUT2D eigenvalue weighted by Gasteiger charge is 2.27. The summed E-state index contributed by atoms with van der Waals surface area (Å²) in [7, 11) is 1.82. The second kappa shape index (κ2) is 5.87. The van der Waals surface area contributed by atoms with Crippen LogP contribution in [0.25, 0.3) is 0 Å². The number of aryl methyl sites for hydroxylation is 1. The zero-order valence-electron chi connectivity index (χ0n) is 11.1. The molecule has 0 saturated carbocycles. The maximum atomic E-state index is 12.1. The minimum atomic E-state index is -0.846. The number of hydrogen-bond acceptors (Lipinski definition) is 2. The maximum absolute atomic E-state index is 12.1. The number of amides is 1. The summed E-state index contributed by atoms with van der Waals surface area (Å²) in [6.07, 6.45) is 2.74. The van der Waals surface area contributed by atoms with Gasteiger partial charge < -0.3 is 10.0 Å². The number of aliphatic carboxylic acids is 1. The number of nitrogens with zero attached hydrogens (tertiary/aromatic N) is 1. The van der Waals surface area contributed by atoms with Crippen LogP contribution in [0.4, 0.5) is 0 Å². The molecule has 1 atom stereocenters. The fourth-order valence-corrected chi connectivity index (χ4v) is 2.68. The Morgan fingerprint density at radius 3 is 2.79 bits per heavy atom. The van der Waals surface area contributed by atoms with E-state index in [9.17, 15) is 9.59 Å². The zero-order valence-corrected chi connectivity index (χ0v) is 11.1. The van der Waals surface area contributed by atoms with Crippen LogP contribution in [0.15, 0.2) is 24.3 Å². The van der Waals surface area contributed by atoms with Crippen molar-refractivity contribution < 1.29 is 14.7 Å². The Morgan fingerprint density at radius 1 is 1.32 bits per heavy atom. The molecule has 19 heavy (non-hydrogen) atoms. The third kappa shape index (κ3) is 3.13. The Morgan fingerprint density at radius 2 is 2.05 bits per heavy atom. The summed E-state index contributed by atoms with van der Waals surface area (Å²) in [4.78, 5) is 24.3. The van der Waals surface area contributed by atoms with Crippen LogP contribution in [-0.2, 0) is 16.0 Å². The Bertz CT molecular complexity index is 484. The molecule has 4 nitrogen and oxygen atoms in total. The van der Waals surface area contributed by atoms with Gasteiger partial charge in [-0.05, 0) is 30.4 Å². The highest BCUT2D eigenvalue weighted by molar-refractivity contribution is 5.77. The minimum Gasteiger partial charge on any atom is -0.481 e. The average molecular weight is 261 g/mol. The summed E-state index contributed by atoms with van der Waals surface area (Å²) in [6, 6.07) is 8.36. The Labute approximate surface area is 113 Å². The molecule has 1 aliphatic rings. The van der Waals surface area contributed by atoms with Crippen molar-refractivity contribution in [3.05, 3.63) is 35.4 Å².